The summed E-state index contributed by atoms with van der Waals surface area (Å²) in [6, 6.07) is 18.7. The lowest BCUT2D eigenvalue weighted by Gasteiger charge is -2.26. The summed E-state index contributed by atoms with van der Waals surface area (Å²) in [6.07, 6.45) is 0. The fourth-order valence-electron chi connectivity index (χ4n) is 4.34. The first-order valence-corrected chi connectivity index (χ1v) is 11.3. The number of Topliss-reactive ketones (excluding diaryl/α,β-unsaturated/α-hetero) is 1. The minimum Gasteiger partial charge on any atom is -0.508 e. The van der Waals surface area contributed by atoms with Crippen molar-refractivity contribution in [3.8, 4) is 5.75 Å². The lowest BCUT2D eigenvalue weighted by Crippen LogP contribution is -2.29. The molecule has 1 unspecified atom stereocenters. The van der Waals surface area contributed by atoms with Crippen molar-refractivity contribution in [3.05, 3.63) is 100 Å². The third-order valence-corrected chi connectivity index (χ3v) is 6.29. The van der Waals surface area contributed by atoms with Crippen LogP contribution in [0.2, 0.25) is 0 Å². The number of hydrogen-bond donors (Lipinski definition) is 2. The van der Waals surface area contributed by atoms with E-state index in [0.717, 1.165) is 16.7 Å². The van der Waals surface area contributed by atoms with E-state index in [4.69, 9.17) is 0 Å². The molecule has 0 aliphatic carbocycles. The van der Waals surface area contributed by atoms with Gasteiger partial charge in [0.1, 0.15) is 11.5 Å². The Balaban J connectivity index is 1.98. The van der Waals surface area contributed by atoms with Gasteiger partial charge in [0, 0.05) is 11.3 Å². The van der Waals surface area contributed by atoms with Crippen molar-refractivity contribution in [2.45, 2.75) is 46.1 Å². The van der Waals surface area contributed by atoms with Gasteiger partial charge in [0.2, 0.25) is 0 Å². The zero-order valence-electron chi connectivity index (χ0n) is 20.1. The Labute approximate surface area is 200 Å². The van der Waals surface area contributed by atoms with Crippen molar-refractivity contribution in [2.75, 3.05) is 4.90 Å². The van der Waals surface area contributed by atoms with E-state index in [1.165, 1.54) is 17.0 Å². The number of nitrogens with zero attached hydrogens (tertiary/aromatic N) is 1. The number of phenols is 1. The lowest BCUT2D eigenvalue weighted by molar-refractivity contribution is -0.132. The second-order valence-corrected chi connectivity index (χ2v) is 9.88. The summed E-state index contributed by atoms with van der Waals surface area (Å²) >= 11 is 0. The number of ketones is 1. The first-order chi connectivity index (χ1) is 16.0. The highest BCUT2D eigenvalue weighted by atomic mass is 16.3. The van der Waals surface area contributed by atoms with Gasteiger partial charge in [-0.2, -0.15) is 0 Å². The van der Waals surface area contributed by atoms with Crippen LogP contribution in [0.3, 0.4) is 0 Å². The minimum atomic E-state index is -0.833. The molecule has 1 amide bonds. The van der Waals surface area contributed by atoms with Crippen LogP contribution in [0, 0.1) is 13.8 Å². The summed E-state index contributed by atoms with van der Waals surface area (Å²) in [5.74, 6) is -1.56. The monoisotopic (exact) mass is 455 g/mol. The molecule has 0 radical (unpaired) electrons. The van der Waals surface area contributed by atoms with Crippen molar-refractivity contribution in [2.24, 2.45) is 0 Å². The topological polar surface area (TPSA) is 77.8 Å². The number of aryl methyl sites for hydroxylation is 2. The van der Waals surface area contributed by atoms with E-state index in [1.807, 2.05) is 50.2 Å². The number of anilines is 1. The molecule has 5 nitrogen and oxygen atoms in total. The smallest absolute Gasteiger partial charge is 0.300 e. The standard InChI is InChI=1S/C29H29NO4/c1-17-7-6-8-21(15-17)30-25(19-10-13-22(31)14-11-19)24(27(33)28(30)34)26(32)23-16-20(29(3,4)5)12-9-18(23)2/h6-16,25,31-32H,1-5H3/b26-24+. The van der Waals surface area contributed by atoms with E-state index in [9.17, 15) is 19.8 Å². The number of hydrogen-bond acceptors (Lipinski definition) is 4. The van der Waals surface area contributed by atoms with Crippen LogP contribution in [0.25, 0.3) is 5.76 Å². The second-order valence-electron chi connectivity index (χ2n) is 9.88. The third kappa shape index (κ3) is 4.10. The van der Waals surface area contributed by atoms with E-state index >= 15 is 0 Å². The molecule has 5 heteroatoms. The summed E-state index contributed by atoms with van der Waals surface area (Å²) in [5, 5.41) is 21.3. The first-order valence-electron chi connectivity index (χ1n) is 11.3. The molecule has 0 aromatic heterocycles. The van der Waals surface area contributed by atoms with E-state index in [1.54, 1.807) is 18.2 Å². The Morgan fingerprint density at radius 2 is 1.59 bits per heavy atom. The normalized spacial score (nSPS) is 17.9. The van der Waals surface area contributed by atoms with E-state index in [0.29, 0.717) is 16.8 Å². The van der Waals surface area contributed by atoms with Crippen LogP contribution in [0.4, 0.5) is 5.69 Å². The van der Waals surface area contributed by atoms with E-state index < -0.39 is 17.7 Å². The average Bonchev–Trinajstić information content (AvgIpc) is 3.04. The zero-order chi connectivity index (χ0) is 24.8. The molecule has 0 saturated carbocycles. The predicted octanol–water partition coefficient (Wildman–Crippen LogP) is 5.93. The maximum Gasteiger partial charge on any atom is 0.300 e. The largest absolute Gasteiger partial charge is 0.508 e. The van der Waals surface area contributed by atoms with Crippen molar-refractivity contribution in [1.29, 1.82) is 0 Å². The number of phenolic OH excluding ortho intramolecular Hbond substituents is 1. The molecule has 174 valence electrons. The number of carbonyl (C=O) groups excluding carboxylic acids is 2. The number of amides is 1. The lowest BCUT2D eigenvalue weighted by atomic mass is 9.84. The van der Waals surface area contributed by atoms with Crippen molar-refractivity contribution < 1.29 is 19.8 Å². The third-order valence-electron chi connectivity index (χ3n) is 6.29. The van der Waals surface area contributed by atoms with E-state index in [-0.39, 0.29) is 22.5 Å². The minimum absolute atomic E-state index is 0.0337. The molecule has 2 N–H and O–H groups in total. The van der Waals surface area contributed by atoms with Gasteiger partial charge in [-0.15, -0.1) is 0 Å². The number of aromatic hydroxyl groups is 1. The van der Waals surface area contributed by atoms with Crippen LogP contribution in [-0.4, -0.2) is 21.9 Å². The Morgan fingerprint density at radius 1 is 0.912 bits per heavy atom. The Kier molecular flexibility index (Phi) is 5.82. The summed E-state index contributed by atoms with van der Waals surface area (Å²) < 4.78 is 0. The second kappa shape index (κ2) is 8.49. The van der Waals surface area contributed by atoms with Crippen LogP contribution in [0.5, 0.6) is 5.75 Å². The number of benzene rings is 3. The summed E-state index contributed by atoms with van der Waals surface area (Å²) in [6.45, 7) is 10.0. The quantitative estimate of drug-likeness (QED) is 0.291. The van der Waals surface area contributed by atoms with Gasteiger partial charge in [0.25, 0.3) is 11.7 Å². The number of rotatable bonds is 3. The van der Waals surface area contributed by atoms with Crippen LogP contribution in [-0.2, 0) is 15.0 Å². The fourth-order valence-corrected chi connectivity index (χ4v) is 4.34. The van der Waals surface area contributed by atoms with Gasteiger partial charge < -0.3 is 10.2 Å². The molecule has 1 aliphatic heterocycles. The molecule has 3 aromatic rings. The predicted molar refractivity (Wildman–Crippen MR) is 134 cm³/mol. The van der Waals surface area contributed by atoms with Crippen LogP contribution in [0.15, 0.2) is 72.3 Å². The maximum absolute atomic E-state index is 13.4. The Bertz CT molecular complexity index is 1310. The summed E-state index contributed by atoms with van der Waals surface area (Å²) in [4.78, 5) is 28.1. The highest BCUT2D eigenvalue weighted by molar-refractivity contribution is 6.51. The molecule has 1 saturated heterocycles. The van der Waals surface area contributed by atoms with Crippen LogP contribution >= 0.6 is 0 Å². The molecule has 0 spiro atoms. The number of carbonyl (C=O) groups is 2. The number of aliphatic hydroxyl groups is 1. The van der Waals surface area contributed by atoms with Crippen LogP contribution < -0.4 is 4.90 Å². The fraction of sp³-hybridized carbons (Fsp3) is 0.241. The van der Waals surface area contributed by atoms with Gasteiger partial charge in [-0.25, -0.2) is 0 Å². The highest BCUT2D eigenvalue weighted by Gasteiger charge is 2.47. The molecule has 3 aromatic carbocycles. The molecule has 1 heterocycles. The van der Waals surface area contributed by atoms with Gasteiger partial charge in [0.05, 0.1) is 11.6 Å². The zero-order valence-corrected chi connectivity index (χ0v) is 20.1. The van der Waals surface area contributed by atoms with Crippen LogP contribution in [0.1, 0.15) is 54.6 Å². The Morgan fingerprint density at radius 3 is 2.21 bits per heavy atom. The van der Waals surface area contributed by atoms with Gasteiger partial charge in [-0.05, 0) is 71.8 Å². The molecule has 1 fully saturated rings. The molecular formula is C29H29NO4. The van der Waals surface area contributed by atoms with Gasteiger partial charge in [-0.1, -0.05) is 57.2 Å². The molecule has 34 heavy (non-hydrogen) atoms. The van der Waals surface area contributed by atoms with Gasteiger partial charge >= 0.3 is 0 Å². The summed E-state index contributed by atoms with van der Waals surface area (Å²) in [5.41, 5.74) is 4.34. The summed E-state index contributed by atoms with van der Waals surface area (Å²) in [7, 11) is 0. The van der Waals surface area contributed by atoms with Gasteiger partial charge in [-0.3, -0.25) is 14.5 Å². The van der Waals surface area contributed by atoms with Gasteiger partial charge in [0.15, 0.2) is 0 Å². The molecule has 0 bridgehead atoms. The molecule has 1 aliphatic rings. The van der Waals surface area contributed by atoms with Crippen molar-refractivity contribution >= 4 is 23.1 Å². The van der Waals surface area contributed by atoms with Crippen molar-refractivity contribution in [3.63, 3.8) is 0 Å². The number of aliphatic hydroxyl groups excluding tert-OH is 1. The SMILES string of the molecule is Cc1cccc(N2C(=O)C(=O)/C(=C(/O)c3cc(C(C)(C)C)ccc3C)C2c2ccc(O)cc2)c1. The maximum atomic E-state index is 13.4. The highest BCUT2D eigenvalue weighted by Crippen LogP contribution is 2.43. The molecule has 4 rings (SSSR count). The average molecular weight is 456 g/mol. The van der Waals surface area contributed by atoms with E-state index in [2.05, 4.69) is 20.8 Å². The Hall–Kier alpha value is -3.86. The molecule has 1 atom stereocenters. The van der Waals surface area contributed by atoms with Crippen molar-refractivity contribution in [1.82, 2.24) is 0 Å². The first kappa shape index (κ1) is 23.3. The molecular weight excluding hydrogens is 426 g/mol.